The van der Waals surface area contributed by atoms with E-state index < -0.39 is 0 Å². The van der Waals surface area contributed by atoms with E-state index in [0.29, 0.717) is 0 Å². The second-order valence-electron chi connectivity index (χ2n) is 6.96. The molecule has 2 aromatic heterocycles. The van der Waals surface area contributed by atoms with Gasteiger partial charge in [0.2, 0.25) is 0 Å². The minimum atomic E-state index is 0.279. The predicted molar refractivity (Wildman–Crippen MR) is 98.4 cm³/mol. The molecule has 0 amide bonds. The molecule has 0 N–H and O–H groups in total. The summed E-state index contributed by atoms with van der Waals surface area (Å²) in [6, 6.07) is 2.05. The van der Waals surface area contributed by atoms with Crippen molar-refractivity contribution in [1.82, 2.24) is 24.6 Å². The summed E-state index contributed by atoms with van der Waals surface area (Å²) in [5.41, 5.74) is 2.04. The average Bonchev–Trinajstić information content (AvgIpc) is 3.20. The van der Waals surface area contributed by atoms with Crippen LogP contribution in [0.15, 0.2) is 18.5 Å². The molecule has 0 radical (unpaired) electrons. The maximum Gasteiger partial charge on any atom is 0.174 e. The van der Waals surface area contributed by atoms with Gasteiger partial charge in [-0.05, 0) is 46.9 Å². The zero-order chi connectivity index (χ0) is 17.8. The Labute approximate surface area is 149 Å². The molecule has 7 nitrogen and oxygen atoms in total. The standard InChI is InChI=1S/C18H28N6O/c1-14-10-15(2)24(21-14)18-12-19-11-17(20-18)23(8-7-22(3)4)13-16-6-5-9-25-16/h10-12,16H,5-9,13H2,1-4H3/t16-/m0/s1. The monoisotopic (exact) mass is 344 g/mol. The molecule has 0 bridgehead atoms. The first-order valence-corrected chi connectivity index (χ1v) is 8.90. The molecule has 136 valence electrons. The van der Waals surface area contributed by atoms with E-state index in [1.807, 2.05) is 30.8 Å². The van der Waals surface area contributed by atoms with Crippen LogP contribution in [-0.4, -0.2) is 71.1 Å². The fourth-order valence-electron chi connectivity index (χ4n) is 3.12. The Balaban J connectivity index is 1.83. The number of ether oxygens (including phenoxy) is 1. The molecule has 3 heterocycles. The Morgan fingerprint density at radius 2 is 2.08 bits per heavy atom. The lowest BCUT2D eigenvalue weighted by Gasteiger charge is -2.27. The van der Waals surface area contributed by atoms with Gasteiger partial charge in [0, 0.05) is 31.9 Å². The van der Waals surface area contributed by atoms with Gasteiger partial charge in [-0.2, -0.15) is 5.10 Å². The Kier molecular flexibility index (Phi) is 5.65. The van der Waals surface area contributed by atoms with Crippen molar-refractivity contribution in [3.63, 3.8) is 0 Å². The summed E-state index contributed by atoms with van der Waals surface area (Å²) in [5.74, 6) is 1.63. The average molecular weight is 344 g/mol. The molecule has 0 aromatic carbocycles. The maximum atomic E-state index is 5.83. The molecular weight excluding hydrogens is 316 g/mol. The minimum absolute atomic E-state index is 0.279. The summed E-state index contributed by atoms with van der Waals surface area (Å²) in [5, 5.41) is 4.52. The first-order valence-electron chi connectivity index (χ1n) is 8.90. The molecule has 3 rings (SSSR count). The summed E-state index contributed by atoms with van der Waals surface area (Å²) >= 11 is 0. The number of aromatic nitrogens is 4. The van der Waals surface area contributed by atoms with Crippen LogP contribution < -0.4 is 4.90 Å². The number of rotatable bonds is 7. The SMILES string of the molecule is Cc1cc(C)n(-c2cncc(N(CCN(C)C)C[C@@H]3CCCO3)n2)n1. The second-order valence-corrected chi connectivity index (χ2v) is 6.96. The van der Waals surface area contributed by atoms with Crippen LogP contribution in [0, 0.1) is 13.8 Å². The number of nitrogens with zero attached hydrogens (tertiary/aromatic N) is 6. The molecule has 0 saturated carbocycles. The lowest BCUT2D eigenvalue weighted by atomic mass is 10.2. The first kappa shape index (κ1) is 17.8. The van der Waals surface area contributed by atoms with Crippen LogP contribution in [0.5, 0.6) is 0 Å². The Hall–Kier alpha value is -1.99. The van der Waals surface area contributed by atoms with E-state index in [-0.39, 0.29) is 6.10 Å². The summed E-state index contributed by atoms with van der Waals surface area (Å²) in [6.07, 6.45) is 6.13. The summed E-state index contributed by atoms with van der Waals surface area (Å²) in [7, 11) is 4.17. The van der Waals surface area contributed by atoms with Gasteiger partial charge in [0.15, 0.2) is 5.82 Å². The highest BCUT2D eigenvalue weighted by Crippen LogP contribution is 2.19. The van der Waals surface area contributed by atoms with Crippen LogP contribution in [0.2, 0.25) is 0 Å². The Bertz CT molecular complexity index is 693. The van der Waals surface area contributed by atoms with E-state index in [2.05, 4.69) is 34.0 Å². The van der Waals surface area contributed by atoms with Crippen molar-refractivity contribution < 1.29 is 4.74 Å². The van der Waals surface area contributed by atoms with Crippen LogP contribution in [0.3, 0.4) is 0 Å². The van der Waals surface area contributed by atoms with Crippen molar-refractivity contribution in [2.75, 3.05) is 45.2 Å². The third-order valence-corrected chi connectivity index (χ3v) is 4.42. The number of hydrogen-bond acceptors (Lipinski definition) is 6. The molecule has 1 atom stereocenters. The van der Waals surface area contributed by atoms with Gasteiger partial charge in [-0.15, -0.1) is 0 Å². The van der Waals surface area contributed by atoms with E-state index in [1.54, 1.807) is 6.20 Å². The number of anilines is 1. The smallest absolute Gasteiger partial charge is 0.174 e. The van der Waals surface area contributed by atoms with Gasteiger partial charge < -0.3 is 14.5 Å². The molecule has 7 heteroatoms. The molecule has 2 aromatic rings. The van der Waals surface area contributed by atoms with E-state index in [0.717, 1.165) is 62.1 Å². The summed E-state index contributed by atoms with van der Waals surface area (Å²) < 4.78 is 7.68. The molecule has 25 heavy (non-hydrogen) atoms. The highest BCUT2D eigenvalue weighted by atomic mass is 16.5. The van der Waals surface area contributed by atoms with E-state index in [4.69, 9.17) is 9.72 Å². The molecule has 0 spiro atoms. The zero-order valence-corrected chi connectivity index (χ0v) is 15.6. The number of likely N-dealkylation sites (N-methyl/N-ethyl adjacent to an activating group) is 1. The van der Waals surface area contributed by atoms with E-state index in [1.165, 1.54) is 0 Å². The quantitative estimate of drug-likeness (QED) is 0.764. The maximum absolute atomic E-state index is 5.83. The van der Waals surface area contributed by atoms with Gasteiger partial charge in [0.1, 0.15) is 5.82 Å². The number of hydrogen-bond donors (Lipinski definition) is 0. The van der Waals surface area contributed by atoms with Crippen molar-refractivity contribution in [3.8, 4) is 5.82 Å². The van der Waals surface area contributed by atoms with Gasteiger partial charge in [-0.25, -0.2) is 9.67 Å². The summed E-state index contributed by atoms with van der Waals surface area (Å²) in [4.78, 5) is 13.7. The predicted octanol–water partition coefficient (Wildman–Crippen LogP) is 1.83. The normalized spacial score (nSPS) is 17.4. The van der Waals surface area contributed by atoms with Gasteiger partial charge in [0.05, 0.1) is 24.2 Å². The van der Waals surface area contributed by atoms with Crippen LogP contribution in [0.1, 0.15) is 24.2 Å². The topological polar surface area (TPSA) is 59.3 Å². The van der Waals surface area contributed by atoms with Gasteiger partial charge in [0.25, 0.3) is 0 Å². The minimum Gasteiger partial charge on any atom is -0.376 e. The fourth-order valence-corrected chi connectivity index (χ4v) is 3.12. The molecule has 0 aliphatic carbocycles. The molecule has 1 aliphatic rings. The van der Waals surface area contributed by atoms with E-state index in [9.17, 15) is 0 Å². The third kappa shape index (κ3) is 4.55. The van der Waals surface area contributed by atoms with Crippen LogP contribution in [0.25, 0.3) is 5.82 Å². The lowest BCUT2D eigenvalue weighted by Crippen LogP contribution is -2.38. The van der Waals surface area contributed by atoms with Crippen molar-refractivity contribution >= 4 is 5.82 Å². The number of aryl methyl sites for hydroxylation is 2. The van der Waals surface area contributed by atoms with Gasteiger partial charge >= 0.3 is 0 Å². The van der Waals surface area contributed by atoms with Crippen LogP contribution >= 0.6 is 0 Å². The fraction of sp³-hybridized carbons (Fsp3) is 0.611. The molecule has 1 aliphatic heterocycles. The Morgan fingerprint density at radius 3 is 2.72 bits per heavy atom. The van der Waals surface area contributed by atoms with Crippen molar-refractivity contribution in [1.29, 1.82) is 0 Å². The van der Waals surface area contributed by atoms with Crippen molar-refractivity contribution in [2.45, 2.75) is 32.8 Å². The van der Waals surface area contributed by atoms with Crippen LogP contribution in [-0.2, 0) is 4.74 Å². The second kappa shape index (κ2) is 7.93. The molecular formula is C18H28N6O. The summed E-state index contributed by atoms with van der Waals surface area (Å²) in [6.45, 7) is 7.58. The largest absolute Gasteiger partial charge is 0.376 e. The lowest BCUT2D eigenvalue weighted by molar-refractivity contribution is 0.115. The van der Waals surface area contributed by atoms with Crippen LogP contribution in [0.4, 0.5) is 5.82 Å². The van der Waals surface area contributed by atoms with Gasteiger partial charge in [-0.3, -0.25) is 4.98 Å². The van der Waals surface area contributed by atoms with E-state index >= 15 is 0 Å². The highest BCUT2D eigenvalue weighted by molar-refractivity contribution is 5.40. The van der Waals surface area contributed by atoms with Crippen molar-refractivity contribution in [3.05, 3.63) is 29.8 Å². The first-order chi connectivity index (χ1) is 12.0. The molecule has 0 unspecified atom stereocenters. The zero-order valence-electron chi connectivity index (χ0n) is 15.6. The molecule has 1 saturated heterocycles. The third-order valence-electron chi connectivity index (χ3n) is 4.42. The van der Waals surface area contributed by atoms with Gasteiger partial charge in [-0.1, -0.05) is 0 Å². The Morgan fingerprint density at radius 1 is 1.24 bits per heavy atom. The molecule has 1 fully saturated rings. The van der Waals surface area contributed by atoms with Crippen molar-refractivity contribution in [2.24, 2.45) is 0 Å². The highest BCUT2D eigenvalue weighted by Gasteiger charge is 2.21.